The molecule has 0 bridgehead atoms. The highest BCUT2D eigenvalue weighted by molar-refractivity contribution is 5.90. The molecule has 110 valence electrons. The van der Waals surface area contributed by atoms with E-state index >= 15 is 0 Å². The van der Waals surface area contributed by atoms with E-state index in [-0.39, 0.29) is 12.2 Å². The molecule has 1 heterocycles. The van der Waals surface area contributed by atoms with Gasteiger partial charge >= 0.3 is 5.97 Å². The summed E-state index contributed by atoms with van der Waals surface area (Å²) in [6.45, 7) is 3.47. The molecule has 5 nitrogen and oxygen atoms in total. The van der Waals surface area contributed by atoms with Crippen LogP contribution in [0, 0.1) is 5.92 Å². The molecular formula is C15H21NO4. The van der Waals surface area contributed by atoms with Crippen molar-refractivity contribution in [1.82, 2.24) is 4.90 Å². The second-order valence-electron chi connectivity index (χ2n) is 5.12. The summed E-state index contributed by atoms with van der Waals surface area (Å²) in [5.74, 6) is -0.116. The number of rotatable bonds is 6. The van der Waals surface area contributed by atoms with Crippen molar-refractivity contribution in [2.24, 2.45) is 5.92 Å². The first-order chi connectivity index (χ1) is 9.70. The van der Waals surface area contributed by atoms with Crippen LogP contribution in [0.4, 0.5) is 0 Å². The van der Waals surface area contributed by atoms with Crippen LogP contribution in [0.1, 0.15) is 23.2 Å². The fraction of sp³-hybridized carbons (Fsp3) is 0.533. The van der Waals surface area contributed by atoms with Crippen molar-refractivity contribution in [3.63, 3.8) is 0 Å². The van der Waals surface area contributed by atoms with E-state index in [4.69, 9.17) is 14.9 Å². The van der Waals surface area contributed by atoms with E-state index < -0.39 is 5.97 Å². The topological polar surface area (TPSA) is 70.0 Å². The third kappa shape index (κ3) is 3.95. The summed E-state index contributed by atoms with van der Waals surface area (Å²) in [4.78, 5) is 13.3. The third-order valence-electron chi connectivity index (χ3n) is 3.75. The molecule has 0 atom stereocenters. The number of aromatic carboxylic acids is 1. The molecule has 0 aliphatic carbocycles. The van der Waals surface area contributed by atoms with Crippen molar-refractivity contribution < 1.29 is 19.7 Å². The van der Waals surface area contributed by atoms with Gasteiger partial charge in [-0.3, -0.25) is 4.90 Å². The first-order valence-corrected chi connectivity index (χ1v) is 6.99. The molecule has 0 radical (unpaired) electrons. The SMILES string of the molecule is O=C(O)c1ccccc1OCCN1CCC(CO)CC1. The largest absolute Gasteiger partial charge is 0.491 e. The van der Waals surface area contributed by atoms with Crippen molar-refractivity contribution in [2.75, 3.05) is 32.8 Å². The summed E-state index contributed by atoms with van der Waals surface area (Å²) in [6.07, 6.45) is 2.03. The molecule has 2 rings (SSSR count). The van der Waals surface area contributed by atoms with Crippen LogP contribution in [0.3, 0.4) is 0 Å². The van der Waals surface area contributed by atoms with Gasteiger partial charge in [-0.25, -0.2) is 4.79 Å². The first kappa shape index (κ1) is 14.8. The molecule has 0 spiro atoms. The van der Waals surface area contributed by atoms with Crippen molar-refractivity contribution in [1.29, 1.82) is 0 Å². The van der Waals surface area contributed by atoms with Gasteiger partial charge in [0.05, 0.1) is 0 Å². The second kappa shape index (κ2) is 7.26. The minimum atomic E-state index is -0.968. The normalized spacial score (nSPS) is 17.1. The Kier molecular flexibility index (Phi) is 5.38. The lowest BCUT2D eigenvalue weighted by atomic mass is 9.98. The van der Waals surface area contributed by atoms with Crippen LogP contribution in [0.2, 0.25) is 0 Å². The second-order valence-corrected chi connectivity index (χ2v) is 5.12. The Morgan fingerprint density at radius 2 is 2.00 bits per heavy atom. The number of ether oxygens (including phenoxy) is 1. The van der Waals surface area contributed by atoms with Crippen molar-refractivity contribution >= 4 is 5.97 Å². The molecule has 1 fully saturated rings. The molecule has 20 heavy (non-hydrogen) atoms. The highest BCUT2D eigenvalue weighted by atomic mass is 16.5. The number of piperidine rings is 1. The lowest BCUT2D eigenvalue weighted by Crippen LogP contribution is -2.37. The van der Waals surface area contributed by atoms with E-state index in [2.05, 4.69) is 4.90 Å². The molecular weight excluding hydrogens is 258 g/mol. The highest BCUT2D eigenvalue weighted by Gasteiger charge is 2.18. The molecule has 5 heteroatoms. The Labute approximate surface area is 118 Å². The molecule has 0 amide bonds. The number of nitrogens with zero attached hydrogens (tertiary/aromatic N) is 1. The quantitative estimate of drug-likeness (QED) is 0.825. The molecule has 1 aromatic rings. The number of aliphatic hydroxyl groups excluding tert-OH is 1. The number of carboxylic acid groups (broad SMARTS) is 1. The molecule has 1 aromatic carbocycles. The van der Waals surface area contributed by atoms with E-state index in [9.17, 15) is 4.79 Å². The van der Waals surface area contributed by atoms with Gasteiger partial charge in [0, 0.05) is 13.2 Å². The van der Waals surface area contributed by atoms with E-state index in [1.165, 1.54) is 0 Å². The van der Waals surface area contributed by atoms with Gasteiger partial charge in [-0.15, -0.1) is 0 Å². The Hall–Kier alpha value is -1.59. The smallest absolute Gasteiger partial charge is 0.339 e. The van der Waals surface area contributed by atoms with E-state index in [0.29, 0.717) is 18.3 Å². The predicted molar refractivity (Wildman–Crippen MR) is 75.1 cm³/mol. The molecule has 2 N–H and O–H groups in total. The van der Waals surface area contributed by atoms with Crippen LogP contribution in [0.15, 0.2) is 24.3 Å². The maximum absolute atomic E-state index is 11.0. The van der Waals surface area contributed by atoms with Crippen LogP contribution < -0.4 is 4.74 Å². The number of likely N-dealkylation sites (tertiary alicyclic amines) is 1. The van der Waals surface area contributed by atoms with Gasteiger partial charge in [0.1, 0.15) is 17.9 Å². The number of para-hydroxylation sites is 1. The van der Waals surface area contributed by atoms with Gasteiger partial charge in [0.15, 0.2) is 0 Å². The minimum absolute atomic E-state index is 0.200. The Balaban J connectivity index is 1.78. The summed E-state index contributed by atoms with van der Waals surface area (Å²) in [5, 5.41) is 18.1. The van der Waals surface area contributed by atoms with E-state index in [1.54, 1.807) is 24.3 Å². The molecule has 1 aliphatic heterocycles. The summed E-state index contributed by atoms with van der Waals surface area (Å²) in [7, 11) is 0. The average molecular weight is 279 g/mol. The van der Waals surface area contributed by atoms with Crippen LogP contribution >= 0.6 is 0 Å². The lowest BCUT2D eigenvalue weighted by molar-refractivity contribution is 0.0691. The van der Waals surface area contributed by atoms with Gasteiger partial charge in [0.25, 0.3) is 0 Å². The maximum Gasteiger partial charge on any atom is 0.339 e. The van der Waals surface area contributed by atoms with Gasteiger partial charge in [0.2, 0.25) is 0 Å². The molecule has 1 saturated heterocycles. The van der Waals surface area contributed by atoms with Crippen LogP contribution in [0.5, 0.6) is 5.75 Å². The number of carbonyl (C=O) groups is 1. The monoisotopic (exact) mass is 279 g/mol. The number of hydrogen-bond donors (Lipinski definition) is 2. The Morgan fingerprint density at radius 1 is 1.30 bits per heavy atom. The van der Waals surface area contributed by atoms with Crippen LogP contribution in [0.25, 0.3) is 0 Å². The molecule has 0 aromatic heterocycles. The standard InChI is InChI=1S/C15H21NO4/c17-11-12-5-7-16(8-6-12)9-10-20-14-4-2-1-3-13(14)15(18)19/h1-4,12,17H,5-11H2,(H,18,19). The molecule has 0 unspecified atom stereocenters. The van der Waals surface area contributed by atoms with Crippen molar-refractivity contribution in [3.8, 4) is 5.75 Å². The number of hydrogen-bond acceptors (Lipinski definition) is 4. The van der Waals surface area contributed by atoms with Crippen LogP contribution in [-0.2, 0) is 0 Å². The Bertz CT molecular complexity index is 441. The summed E-state index contributed by atoms with van der Waals surface area (Å²) >= 11 is 0. The molecule has 0 saturated carbocycles. The number of benzene rings is 1. The Morgan fingerprint density at radius 3 is 2.65 bits per heavy atom. The summed E-state index contributed by atoms with van der Waals surface area (Å²) in [6, 6.07) is 6.69. The zero-order valence-corrected chi connectivity index (χ0v) is 11.5. The van der Waals surface area contributed by atoms with E-state index in [0.717, 1.165) is 32.5 Å². The maximum atomic E-state index is 11.0. The lowest BCUT2D eigenvalue weighted by Gasteiger charge is -2.30. The number of carboxylic acids is 1. The fourth-order valence-electron chi connectivity index (χ4n) is 2.45. The molecule has 1 aliphatic rings. The zero-order chi connectivity index (χ0) is 14.4. The zero-order valence-electron chi connectivity index (χ0n) is 11.5. The minimum Gasteiger partial charge on any atom is -0.491 e. The fourth-order valence-corrected chi connectivity index (χ4v) is 2.45. The predicted octanol–water partition coefficient (Wildman–Crippen LogP) is 1.47. The average Bonchev–Trinajstić information content (AvgIpc) is 2.48. The number of aliphatic hydroxyl groups is 1. The highest BCUT2D eigenvalue weighted by Crippen LogP contribution is 2.19. The van der Waals surface area contributed by atoms with E-state index in [1.807, 2.05) is 0 Å². The van der Waals surface area contributed by atoms with Gasteiger partial charge in [-0.05, 0) is 44.0 Å². The van der Waals surface area contributed by atoms with Crippen molar-refractivity contribution in [3.05, 3.63) is 29.8 Å². The van der Waals surface area contributed by atoms with Gasteiger partial charge < -0.3 is 14.9 Å². The van der Waals surface area contributed by atoms with Gasteiger partial charge in [-0.2, -0.15) is 0 Å². The van der Waals surface area contributed by atoms with Crippen LogP contribution in [-0.4, -0.2) is 53.9 Å². The first-order valence-electron chi connectivity index (χ1n) is 6.99. The van der Waals surface area contributed by atoms with Gasteiger partial charge in [-0.1, -0.05) is 12.1 Å². The van der Waals surface area contributed by atoms with Crippen molar-refractivity contribution in [2.45, 2.75) is 12.8 Å². The summed E-state index contributed by atoms with van der Waals surface area (Å²) < 4.78 is 5.58. The summed E-state index contributed by atoms with van der Waals surface area (Å²) in [5.41, 5.74) is 0.200. The third-order valence-corrected chi connectivity index (χ3v) is 3.75.